The van der Waals surface area contributed by atoms with Crippen LogP contribution in [0.3, 0.4) is 0 Å². The van der Waals surface area contributed by atoms with Gasteiger partial charge in [0.05, 0.1) is 33.4 Å². The van der Waals surface area contributed by atoms with E-state index in [1.165, 1.54) is 0 Å². The first-order chi connectivity index (χ1) is 18.9. The third-order valence-electron chi connectivity index (χ3n) is 6.63. The van der Waals surface area contributed by atoms with Crippen LogP contribution in [0, 0.1) is 0 Å². The van der Waals surface area contributed by atoms with Gasteiger partial charge in [0, 0.05) is 45.3 Å². The molecule has 2 aliphatic heterocycles. The van der Waals surface area contributed by atoms with E-state index in [0.717, 1.165) is 31.5 Å². The Balaban J connectivity index is 0.000000395. The number of aromatic carboxylic acids is 1. The predicted molar refractivity (Wildman–Crippen MR) is 147 cm³/mol. The minimum atomic E-state index is -0.879. The molecule has 2 saturated heterocycles. The summed E-state index contributed by atoms with van der Waals surface area (Å²) in [5.74, 6) is 0.878. The van der Waals surface area contributed by atoms with Gasteiger partial charge in [-0.1, -0.05) is 18.2 Å². The SMILES string of the molecule is COc1cc(/C=C/C(=O)N2CCN(CC(=O)N3CCCC3)CC2)cc(OC)c1OC.O=C(O)c1ccccc1. The van der Waals surface area contributed by atoms with E-state index in [1.807, 2.05) is 9.80 Å². The molecular formula is C29H37N3O7. The number of piperazine rings is 1. The maximum absolute atomic E-state index is 12.6. The summed E-state index contributed by atoms with van der Waals surface area (Å²) < 4.78 is 16.0. The van der Waals surface area contributed by atoms with E-state index in [9.17, 15) is 14.4 Å². The van der Waals surface area contributed by atoms with Gasteiger partial charge in [-0.25, -0.2) is 4.79 Å². The predicted octanol–water partition coefficient (Wildman–Crippen LogP) is 2.88. The second-order valence-corrected chi connectivity index (χ2v) is 9.15. The molecule has 210 valence electrons. The molecule has 0 bridgehead atoms. The average Bonchev–Trinajstić information content (AvgIpc) is 3.52. The van der Waals surface area contributed by atoms with Crippen molar-refractivity contribution in [2.75, 3.05) is 67.1 Å². The summed E-state index contributed by atoms with van der Waals surface area (Å²) in [5, 5.41) is 8.38. The highest BCUT2D eigenvalue weighted by Gasteiger charge is 2.24. The number of carbonyl (C=O) groups excluding carboxylic acids is 2. The number of hydrogen-bond donors (Lipinski definition) is 1. The number of amides is 2. The molecule has 2 heterocycles. The average molecular weight is 540 g/mol. The number of carboxylic acid groups (broad SMARTS) is 1. The largest absolute Gasteiger partial charge is 0.493 e. The fourth-order valence-corrected chi connectivity index (χ4v) is 4.44. The number of carbonyl (C=O) groups is 3. The summed E-state index contributed by atoms with van der Waals surface area (Å²) in [6.07, 6.45) is 5.51. The van der Waals surface area contributed by atoms with Gasteiger partial charge in [0.1, 0.15) is 0 Å². The topological polar surface area (TPSA) is 109 Å². The van der Waals surface area contributed by atoms with Crippen molar-refractivity contribution in [2.24, 2.45) is 0 Å². The van der Waals surface area contributed by atoms with Gasteiger partial charge >= 0.3 is 5.97 Å². The number of methoxy groups -OCH3 is 3. The Kier molecular flexibility index (Phi) is 11.2. The minimum Gasteiger partial charge on any atom is -0.493 e. The van der Waals surface area contributed by atoms with Gasteiger partial charge in [0.15, 0.2) is 11.5 Å². The van der Waals surface area contributed by atoms with Crippen LogP contribution >= 0.6 is 0 Å². The normalized spacial score (nSPS) is 15.5. The van der Waals surface area contributed by atoms with Crippen molar-refractivity contribution in [3.8, 4) is 17.2 Å². The summed E-state index contributed by atoms with van der Waals surface area (Å²) in [7, 11) is 4.67. The molecule has 0 atom stereocenters. The van der Waals surface area contributed by atoms with Crippen LogP contribution in [0.25, 0.3) is 6.08 Å². The first-order valence-corrected chi connectivity index (χ1v) is 12.9. The highest BCUT2D eigenvalue weighted by Crippen LogP contribution is 2.38. The molecule has 10 nitrogen and oxygen atoms in total. The highest BCUT2D eigenvalue weighted by atomic mass is 16.5. The second-order valence-electron chi connectivity index (χ2n) is 9.15. The van der Waals surface area contributed by atoms with Gasteiger partial charge in [-0.05, 0) is 48.7 Å². The van der Waals surface area contributed by atoms with E-state index in [-0.39, 0.29) is 11.8 Å². The van der Waals surface area contributed by atoms with E-state index in [1.54, 1.807) is 75.9 Å². The van der Waals surface area contributed by atoms with Crippen LogP contribution in [-0.2, 0) is 9.59 Å². The number of benzene rings is 2. The fraction of sp³-hybridized carbons (Fsp3) is 0.414. The lowest BCUT2D eigenvalue weighted by molar-refractivity contribution is -0.132. The number of hydrogen-bond acceptors (Lipinski definition) is 7. The maximum Gasteiger partial charge on any atom is 0.335 e. The van der Waals surface area contributed by atoms with Gasteiger partial charge in [-0.15, -0.1) is 0 Å². The van der Waals surface area contributed by atoms with Crippen molar-refractivity contribution in [3.63, 3.8) is 0 Å². The summed E-state index contributed by atoms with van der Waals surface area (Å²) in [4.78, 5) is 41.0. The van der Waals surface area contributed by atoms with Crippen molar-refractivity contribution in [3.05, 3.63) is 59.7 Å². The van der Waals surface area contributed by atoms with Crippen molar-refractivity contribution in [1.82, 2.24) is 14.7 Å². The summed E-state index contributed by atoms with van der Waals surface area (Å²) in [6, 6.07) is 11.9. The van der Waals surface area contributed by atoms with Crippen LogP contribution in [0.15, 0.2) is 48.5 Å². The first-order valence-electron chi connectivity index (χ1n) is 12.9. The molecule has 0 aliphatic carbocycles. The number of rotatable bonds is 8. The zero-order valence-electron chi connectivity index (χ0n) is 22.8. The molecule has 2 aromatic carbocycles. The van der Waals surface area contributed by atoms with Gasteiger partial charge in [-0.3, -0.25) is 14.5 Å². The Morgan fingerprint density at radius 1 is 0.821 bits per heavy atom. The molecule has 0 radical (unpaired) electrons. The molecule has 39 heavy (non-hydrogen) atoms. The molecule has 2 fully saturated rings. The van der Waals surface area contributed by atoms with Gasteiger partial charge in [-0.2, -0.15) is 0 Å². The van der Waals surface area contributed by atoms with E-state index < -0.39 is 5.97 Å². The van der Waals surface area contributed by atoms with Crippen molar-refractivity contribution in [2.45, 2.75) is 12.8 Å². The zero-order valence-corrected chi connectivity index (χ0v) is 22.8. The Labute approximate surface area is 229 Å². The van der Waals surface area contributed by atoms with Crippen LogP contribution in [0.4, 0.5) is 0 Å². The second kappa shape index (κ2) is 14.8. The number of likely N-dealkylation sites (tertiary alicyclic amines) is 1. The maximum atomic E-state index is 12.6. The van der Waals surface area contributed by atoms with Crippen molar-refractivity contribution >= 4 is 23.9 Å². The van der Waals surface area contributed by atoms with E-state index in [2.05, 4.69) is 4.90 Å². The van der Waals surface area contributed by atoms with Crippen LogP contribution in [0.1, 0.15) is 28.8 Å². The van der Waals surface area contributed by atoms with Gasteiger partial charge < -0.3 is 29.1 Å². The summed E-state index contributed by atoms with van der Waals surface area (Å²) in [5.41, 5.74) is 1.12. The highest BCUT2D eigenvalue weighted by molar-refractivity contribution is 5.92. The van der Waals surface area contributed by atoms with Gasteiger partial charge in [0.2, 0.25) is 17.6 Å². The molecule has 0 saturated carbocycles. The first kappa shape index (κ1) is 29.5. The lowest BCUT2D eigenvalue weighted by atomic mass is 10.1. The standard InChI is InChI=1S/C22H31N3O5.C7H6O2/c1-28-18-14-17(15-19(29-2)22(18)30-3)6-7-20(26)25-12-10-23(11-13-25)16-21(27)24-8-4-5-9-24;8-7(9)6-4-2-1-3-5-6/h6-7,14-15H,4-5,8-13,16H2,1-3H3;1-5H,(H,8,9)/b7-6+;. The van der Waals surface area contributed by atoms with Crippen LogP contribution in [-0.4, -0.2) is 105 Å². The summed E-state index contributed by atoms with van der Waals surface area (Å²) >= 11 is 0. The van der Waals surface area contributed by atoms with Crippen molar-refractivity contribution in [1.29, 1.82) is 0 Å². The molecular weight excluding hydrogens is 502 g/mol. The Morgan fingerprint density at radius 2 is 1.41 bits per heavy atom. The quantitative estimate of drug-likeness (QED) is 0.510. The number of nitrogens with zero attached hydrogens (tertiary/aromatic N) is 3. The Bertz CT molecular complexity index is 1110. The lowest BCUT2D eigenvalue weighted by Gasteiger charge is -2.34. The van der Waals surface area contributed by atoms with E-state index in [0.29, 0.717) is 55.5 Å². The Morgan fingerprint density at radius 3 is 1.90 bits per heavy atom. The van der Waals surface area contributed by atoms with Crippen LogP contribution < -0.4 is 14.2 Å². The lowest BCUT2D eigenvalue weighted by Crippen LogP contribution is -2.51. The molecule has 4 rings (SSSR count). The minimum absolute atomic E-state index is 0.0470. The molecule has 10 heteroatoms. The Hall–Kier alpha value is -4.05. The molecule has 2 amide bonds. The third kappa shape index (κ3) is 8.47. The molecule has 2 aromatic rings. The van der Waals surface area contributed by atoms with Crippen LogP contribution in [0.2, 0.25) is 0 Å². The molecule has 0 aromatic heterocycles. The fourth-order valence-electron chi connectivity index (χ4n) is 4.44. The summed E-state index contributed by atoms with van der Waals surface area (Å²) in [6.45, 7) is 4.86. The van der Waals surface area contributed by atoms with E-state index in [4.69, 9.17) is 19.3 Å². The zero-order chi connectivity index (χ0) is 28.2. The van der Waals surface area contributed by atoms with Gasteiger partial charge in [0.25, 0.3) is 0 Å². The van der Waals surface area contributed by atoms with E-state index >= 15 is 0 Å². The van der Waals surface area contributed by atoms with Crippen molar-refractivity contribution < 1.29 is 33.7 Å². The number of carboxylic acids is 1. The third-order valence-corrected chi connectivity index (χ3v) is 6.63. The monoisotopic (exact) mass is 539 g/mol. The molecule has 0 unspecified atom stereocenters. The smallest absolute Gasteiger partial charge is 0.335 e. The molecule has 1 N–H and O–H groups in total. The molecule has 2 aliphatic rings. The number of ether oxygens (including phenoxy) is 3. The molecule has 0 spiro atoms. The van der Waals surface area contributed by atoms with Crippen LogP contribution in [0.5, 0.6) is 17.2 Å².